The summed E-state index contributed by atoms with van der Waals surface area (Å²) in [4.78, 5) is 2.35. The lowest BCUT2D eigenvalue weighted by atomic mass is 10.1. The predicted molar refractivity (Wildman–Crippen MR) is 72.1 cm³/mol. The molecule has 0 spiro atoms. The van der Waals surface area contributed by atoms with E-state index in [2.05, 4.69) is 44.1 Å². The highest BCUT2D eigenvalue weighted by atomic mass is 16.3. The normalized spacial score (nSPS) is 13.6. The van der Waals surface area contributed by atoms with Crippen LogP contribution in [0.2, 0.25) is 0 Å². The number of nitrogens with zero attached hydrogens (tertiary/aromatic N) is 1. The standard InChI is InChI=1S/C14H26N2O/c1-11(2)15-8-12(3)9-16(5)10-14-6-7-17-13(14)4/h6-7,11-12,15H,8-10H2,1-5H3. The van der Waals surface area contributed by atoms with Crippen LogP contribution < -0.4 is 5.32 Å². The Bertz CT molecular complexity index is 320. The first-order valence-corrected chi connectivity index (χ1v) is 6.44. The fourth-order valence-corrected chi connectivity index (χ4v) is 1.96. The van der Waals surface area contributed by atoms with Crippen LogP contribution >= 0.6 is 0 Å². The zero-order valence-electron chi connectivity index (χ0n) is 11.8. The van der Waals surface area contributed by atoms with Gasteiger partial charge in [-0.1, -0.05) is 20.8 Å². The van der Waals surface area contributed by atoms with E-state index in [1.807, 2.05) is 6.92 Å². The van der Waals surface area contributed by atoms with Gasteiger partial charge in [0.25, 0.3) is 0 Å². The monoisotopic (exact) mass is 238 g/mol. The summed E-state index contributed by atoms with van der Waals surface area (Å²) in [5, 5.41) is 3.48. The molecule has 17 heavy (non-hydrogen) atoms. The van der Waals surface area contributed by atoms with E-state index in [4.69, 9.17) is 4.42 Å². The molecular weight excluding hydrogens is 212 g/mol. The molecule has 1 aromatic rings. The first-order chi connectivity index (χ1) is 7.99. The topological polar surface area (TPSA) is 28.4 Å². The minimum atomic E-state index is 0.568. The minimum absolute atomic E-state index is 0.568. The Hall–Kier alpha value is -0.800. The van der Waals surface area contributed by atoms with Gasteiger partial charge in [-0.15, -0.1) is 0 Å². The summed E-state index contributed by atoms with van der Waals surface area (Å²) in [6, 6.07) is 2.63. The third-order valence-electron chi connectivity index (χ3n) is 2.90. The number of rotatable bonds is 7. The Morgan fingerprint density at radius 1 is 1.35 bits per heavy atom. The van der Waals surface area contributed by atoms with E-state index in [-0.39, 0.29) is 0 Å². The lowest BCUT2D eigenvalue weighted by molar-refractivity contribution is 0.270. The third kappa shape index (κ3) is 5.37. The van der Waals surface area contributed by atoms with Gasteiger partial charge in [0.05, 0.1) is 6.26 Å². The lowest BCUT2D eigenvalue weighted by Gasteiger charge is -2.22. The molecule has 1 atom stereocenters. The molecule has 0 radical (unpaired) electrons. The van der Waals surface area contributed by atoms with Gasteiger partial charge >= 0.3 is 0 Å². The first kappa shape index (κ1) is 14.3. The van der Waals surface area contributed by atoms with E-state index in [1.54, 1.807) is 6.26 Å². The molecular formula is C14H26N2O. The Balaban J connectivity index is 2.29. The highest BCUT2D eigenvalue weighted by Crippen LogP contribution is 2.11. The van der Waals surface area contributed by atoms with Gasteiger partial charge in [-0.3, -0.25) is 0 Å². The van der Waals surface area contributed by atoms with Crippen LogP contribution in [0.5, 0.6) is 0 Å². The summed E-state index contributed by atoms with van der Waals surface area (Å²) in [5.41, 5.74) is 1.29. The maximum absolute atomic E-state index is 5.31. The van der Waals surface area contributed by atoms with Gasteiger partial charge < -0.3 is 14.6 Å². The van der Waals surface area contributed by atoms with Crippen molar-refractivity contribution >= 4 is 0 Å². The molecule has 0 amide bonds. The maximum Gasteiger partial charge on any atom is 0.105 e. The molecule has 1 N–H and O–H groups in total. The number of hydrogen-bond acceptors (Lipinski definition) is 3. The number of nitrogens with one attached hydrogen (secondary N) is 1. The van der Waals surface area contributed by atoms with E-state index in [9.17, 15) is 0 Å². The second-order valence-corrected chi connectivity index (χ2v) is 5.37. The van der Waals surface area contributed by atoms with Crippen molar-refractivity contribution in [1.82, 2.24) is 10.2 Å². The summed E-state index contributed by atoms with van der Waals surface area (Å²) >= 11 is 0. The fraction of sp³-hybridized carbons (Fsp3) is 0.714. The quantitative estimate of drug-likeness (QED) is 0.791. The van der Waals surface area contributed by atoms with Crippen molar-refractivity contribution in [2.45, 2.75) is 40.3 Å². The highest BCUT2D eigenvalue weighted by Gasteiger charge is 2.09. The molecule has 3 nitrogen and oxygen atoms in total. The third-order valence-corrected chi connectivity index (χ3v) is 2.90. The van der Waals surface area contributed by atoms with E-state index in [1.165, 1.54) is 5.56 Å². The molecule has 98 valence electrons. The van der Waals surface area contributed by atoms with Crippen molar-refractivity contribution in [3.8, 4) is 0 Å². The minimum Gasteiger partial charge on any atom is -0.469 e. The molecule has 0 aliphatic rings. The van der Waals surface area contributed by atoms with Crippen LogP contribution in [-0.4, -0.2) is 31.1 Å². The van der Waals surface area contributed by atoms with Crippen molar-refractivity contribution in [3.05, 3.63) is 23.7 Å². The zero-order valence-corrected chi connectivity index (χ0v) is 11.8. The molecule has 0 bridgehead atoms. The smallest absolute Gasteiger partial charge is 0.105 e. The second kappa shape index (κ2) is 6.82. The summed E-state index contributed by atoms with van der Waals surface area (Å²) in [6.07, 6.45) is 1.77. The van der Waals surface area contributed by atoms with Crippen LogP contribution in [0.1, 0.15) is 32.1 Å². The fourth-order valence-electron chi connectivity index (χ4n) is 1.96. The summed E-state index contributed by atoms with van der Waals surface area (Å²) in [5.74, 6) is 1.69. The predicted octanol–water partition coefficient (Wildman–Crippen LogP) is 2.65. The average molecular weight is 238 g/mol. The van der Waals surface area contributed by atoms with Gasteiger partial charge in [0, 0.05) is 24.7 Å². The molecule has 0 aromatic carbocycles. The molecule has 1 unspecified atom stereocenters. The van der Waals surface area contributed by atoms with Gasteiger partial charge in [0.15, 0.2) is 0 Å². The Morgan fingerprint density at radius 2 is 2.06 bits per heavy atom. The molecule has 0 aliphatic carbocycles. The van der Waals surface area contributed by atoms with Gasteiger partial charge in [-0.05, 0) is 32.5 Å². The van der Waals surface area contributed by atoms with Crippen molar-refractivity contribution in [1.29, 1.82) is 0 Å². The maximum atomic E-state index is 5.31. The summed E-state index contributed by atoms with van der Waals surface area (Å²) in [7, 11) is 2.16. The van der Waals surface area contributed by atoms with Gasteiger partial charge in [0.1, 0.15) is 5.76 Å². The van der Waals surface area contributed by atoms with Crippen LogP contribution in [0.15, 0.2) is 16.7 Å². The van der Waals surface area contributed by atoms with Crippen molar-refractivity contribution in [3.63, 3.8) is 0 Å². The van der Waals surface area contributed by atoms with Crippen molar-refractivity contribution < 1.29 is 4.42 Å². The lowest BCUT2D eigenvalue weighted by Crippen LogP contribution is -2.33. The summed E-state index contributed by atoms with van der Waals surface area (Å²) < 4.78 is 5.31. The SMILES string of the molecule is Cc1occc1CN(C)CC(C)CNC(C)C. The number of hydrogen-bond donors (Lipinski definition) is 1. The molecule has 0 saturated heterocycles. The van der Waals surface area contributed by atoms with Gasteiger partial charge in [-0.2, -0.15) is 0 Å². The van der Waals surface area contributed by atoms with E-state index < -0.39 is 0 Å². The molecule has 0 fully saturated rings. The van der Waals surface area contributed by atoms with Crippen LogP contribution in [0.3, 0.4) is 0 Å². The molecule has 1 heterocycles. The molecule has 3 heteroatoms. The van der Waals surface area contributed by atoms with Crippen LogP contribution in [-0.2, 0) is 6.54 Å². The van der Waals surface area contributed by atoms with E-state index >= 15 is 0 Å². The van der Waals surface area contributed by atoms with Crippen molar-refractivity contribution in [2.75, 3.05) is 20.1 Å². The molecule has 0 aliphatic heterocycles. The van der Waals surface area contributed by atoms with Crippen LogP contribution in [0.4, 0.5) is 0 Å². The van der Waals surface area contributed by atoms with Gasteiger partial charge in [-0.25, -0.2) is 0 Å². The molecule has 1 aromatic heterocycles. The highest BCUT2D eigenvalue weighted by molar-refractivity contribution is 5.14. The van der Waals surface area contributed by atoms with E-state index in [0.29, 0.717) is 12.0 Å². The average Bonchev–Trinajstić information content (AvgIpc) is 2.61. The van der Waals surface area contributed by atoms with Crippen LogP contribution in [0.25, 0.3) is 0 Å². The second-order valence-electron chi connectivity index (χ2n) is 5.37. The Morgan fingerprint density at radius 3 is 2.59 bits per heavy atom. The Labute approximate surface area is 105 Å². The van der Waals surface area contributed by atoms with E-state index in [0.717, 1.165) is 25.4 Å². The Kier molecular flexibility index (Phi) is 5.72. The summed E-state index contributed by atoms with van der Waals surface area (Å²) in [6.45, 7) is 11.8. The van der Waals surface area contributed by atoms with Crippen LogP contribution in [0, 0.1) is 12.8 Å². The molecule has 0 saturated carbocycles. The molecule has 1 rings (SSSR count). The first-order valence-electron chi connectivity index (χ1n) is 6.44. The number of furan rings is 1. The largest absolute Gasteiger partial charge is 0.469 e. The van der Waals surface area contributed by atoms with Gasteiger partial charge in [0.2, 0.25) is 0 Å². The zero-order chi connectivity index (χ0) is 12.8. The van der Waals surface area contributed by atoms with Crippen molar-refractivity contribution in [2.24, 2.45) is 5.92 Å². The number of aryl methyl sites for hydroxylation is 1.